The molecule has 1 fully saturated rings. The lowest BCUT2D eigenvalue weighted by Crippen LogP contribution is -2.31. The molecule has 1 amide bonds. The average molecular weight is 502 g/mol. The smallest absolute Gasteiger partial charge is 0.295 e. The summed E-state index contributed by atoms with van der Waals surface area (Å²) in [5.41, 5.74) is 2.14. The van der Waals surface area contributed by atoms with Gasteiger partial charge in [-0.2, -0.15) is 0 Å². The van der Waals surface area contributed by atoms with Crippen molar-refractivity contribution in [1.82, 2.24) is 4.90 Å². The maximum atomic E-state index is 13.3. The standard InChI is InChI=1S/C30H31NO6/c1-4-36-23-14-11-21(12-15-23)28(32)26-27(22-13-16-24(37-5-2)25(19-22)35-3)31(30(34)29(26)33)18-17-20-9-7-6-8-10-20/h6-16,19,27,32H,4-5,17-18H2,1-3H3. The van der Waals surface area contributed by atoms with Crippen LogP contribution in [0.2, 0.25) is 0 Å². The molecular formula is C30H31NO6. The lowest BCUT2D eigenvalue weighted by molar-refractivity contribution is -0.139. The zero-order valence-electron chi connectivity index (χ0n) is 21.3. The van der Waals surface area contributed by atoms with Gasteiger partial charge in [-0.15, -0.1) is 0 Å². The van der Waals surface area contributed by atoms with Crippen LogP contribution in [0.3, 0.4) is 0 Å². The summed E-state index contributed by atoms with van der Waals surface area (Å²) in [6.45, 7) is 5.04. The maximum Gasteiger partial charge on any atom is 0.295 e. The molecule has 4 rings (SSSR count). The number of amides is 1. The van der Waals surface area contributed by atoms with Crippen LogP contribution in [0.15, 0.2) is 78.4 Å². The molecule has 1 atom stereocenters. The third-order valence-corrected chi connectivity index (χ3v) is 6.27. The van der Waals surface area contributed by atoms with Gasteiger partial charge in [0.2, 0.25) is 0 Å². The molecule has 0 bridgehead atoms. The minimum atomic E-state index is -0.792. The number of hydrogen-bond acceptors (Lipinski definition) is 6. The number of ketones is 1. The van der Waals surface area contributed by atoms with Crippen molar-refractivity contribution in [2.24, 2.45) is 0 Å². The Morgan fingerprint density at radius 1 is 0.892 bits per heavy atom. The van der Waals surface area contributed by atoms with E-state index in [2.05, 4.69) is 0 Å². The first kappa shape index (κ1) is 25.8. The number of nitrogens with zero attached hydrogens (tertiary/aromatic N) is 1. The molecule has 1 aliphatic heterocycles. The number of methoxy groups -OCH3 is 1. The number of aliphatic hydroxyl groups excluding tert-OH is 1. The Morgan fingerprint density at radius 2 is 1.59 bits per heavy atom. The SMILES string of the molecule is CCOc1ccc(C(O)=C2C(=O)C(=O)N(CCc3ccccc3)C2c2ccc(OCC)c(OC)c2)cc1. The molecule has 192 valence electrons. The van der Waals surface area contributed by atoms with Gasteiger partial charge in [0.15, 0.2) is 11.5 Å². The van der Waals surface area contributed by atoms with Crippen LogP contribution in [0.25, 0.3) is 5.76 Å². The second kappa shape index (κ2) is 11.6. The first-order valence-corrected chi connectivity index (χ1v) is 12.3. The zero-order chi connectivity index (χ0) is 26.4. The topological polar surface area (TPSA) is 85.3 Å². The highest BCUT2D eigenvalue weighted by Crippen LogP contribution is 2.42. The van der Waals surface area contributed by atoms with Crippen LogP contribution in [0.4, 0.5) is 0 Å². The molecular weight excluding hydrogens is 470 g/mol. The summed E-state index contributed by atoms with van der Waals surface area (Å²) in [4.78, 5) is 28.1. The third kappa shape index (κ3) is 5.45. The Labute approximate surface area is 216 Å². The van der Waals surface area contributed by atoms with Crippen LogP contribution >= 0.6 is 0 Å². The van der Waals surface area contributed by atoms with E-state index in [0.717, 1.165) is 5.56 Å². The summed E-state index contributed by atoms with van der Waals surface area (Å²) >= 11 is 0. The van der Waals surface area contributed by atoms with E-state index in [0.29, 0.717) is 54.6 Å². The number of Topliss-reactive ketones (excluding diaryl/α,β-unsaturated/α-hetero) is 1. The molecule has 0 aliphatic carbocycles. The lowest BCUT2D eigenvalue weighted by Gasteiger charge is -2.26. The van der Waals surface area contributed by atoms with Gasteiger partial charge in [-0.3, -0.25) is 9.59 Å². The first-order chi connectivity index (χ1) is 18.0. The van der Waals surface area contributed by atoms with Gasteiger partial charge in [0.1, 0.15) is 11.5 Å². The van der Waals surface area contributed by atoms with Crippen LogP contribution in [-0.2, 0) is 16.0 Å². The van der Waals surface area contributed by atoms with E-state index < -0.39 is 17.7 Å². The van der Waals surface area contributed by atoms with Gasteiger partial charge >= 0.3 is 0 Å². The number of likely N-dealkylation sites (tertiary alicyclic amines) is 1. The molecule has 3 aromatic rings. The number of aliphatic hydroxyl groups is 1. The van der Waals surface area contributed by atoms with Crippen LogP contribution in [-0.4, -0.2) is 48.6 Å². The van der Waals surface area contributed by atoms with E-state index in [9.17, 15) is 14.7 Å². The monoisotopic (exact) mass is 501 g/mol. The van der Waals surface area contributed by atoms with Crippen molar-refractivity contribution in [3.63, 3.8) is 0 Å². The number of hydrogen-bond donors (Lipinski definition) is 1. The largest absolute Gasteiger partial charge is 0.507 e. The lowest BCUT2D eigenvalue weighted by atomic mass is 9.94. The van der Waals surface area contributed by atoms with E-state index in [1.165, 1.54) is 12.0 Å². The first-order valence-electron chi connectivity index (χ1n) is 12.3. The summed E-state index contributed by atoms with van der Waals surface area (Å²) in [7, 11) is 1.54. The van der Waals surface area contributed by atoms with Crippen LogP contribution in [0.5, 0.6) is 17.2 Å². The second-order valence-electron chi connectivity index (χ2n) is 8.53. The molecule has 1 N–H and O–H groups in total. The molecule has 0 radical (unpaired) electrons. The van der Waals surface area contributed by atoms with Gasteiger partial charge in [-0.05, 0) is 67.8 Å². The van der Waals surface area contributed by atoms with Crippen molar-refractivity contribution in [2.45, 2.75) is 26.3 Å². The molecule has 7 nitrogen and oxygen atoms in total. The van der Waals surface area contributed by atoms with E-state index in [4.69, 9.17) is 14.2 Å². The van der Waals surface area contributed by atoms with E-state index in [1.54, 1.807) is 42.5 Å². The van der Waals surface area contributed by atoms with Gasteiger partial charge in [0.25, 0.3) is 11.7 Å². The normalized spacial score (nSPS) is 16.6. The Balaban J connectivity index is 1.79. The predicted octanol–water partition coefficient (Wildman–Crippen LogP) is 5.16. The quantitative estimate of drug-likeness (QED) is 0.235. The van der Waals surface area contributed by atoms with Crippen molar-refractivity contribution in [2.75, 3.05) is 26.9 Å². The van der Waals surface area contributed by atoms with Crippen molar-refractivity contribution >= 4 is 17.4 Å². The zero-order valence-corrected chi connectivity index (χ0v) is 21.3. The summed E-state index contributed by atoms with van der Waals surface area (Å²) in [5, 5.41) is 11.3. The van der Waals surface area contributed by atoms with Gasteiger partial charge < -0.3 is 24.2 Å². The highest BCUT2D eigenvalue weighted by molar-refractivity contribution is 6.46. The molecule has 1 heterocycles. The number of ether oxygens (including phenoxy) is 3. The fraction of sp³-hybridized carbons (Fsp3) is 0.267. The molecule has 1 aliphatic rings. The minimum Gasteiger partial charge on any atom is -0.507 e. The summed E-state index contributed by atoms with van der Waals surface area (Å²) in [6.07, 6.45) is 0.557. The van der Waals surface area contributed by atoms with Crippen molar-refractivity contribution < 1.29 is 28.9 Å². The van der Waals surface area contributed by atoms with Gasteiger partial charge in [0.05, 0.1) is 31.9 Å². The highest BCUT2D eigenvalue weighted by Gasteiger charge is 2.46. The molecule has 37 heavy (non-hydrogen) atoms. The number of benzene rings is 3. The summed E-state index contributed by atoms with van der Waals surface area (Å²) in [6, 6.07) is 21.1. The number of rotatable bonds is 10. The maximum absolute atomic E-state index is 13.3. The molecule has 3 aromatic carbocycles. The molecule has 0 saturated carbocycles. The molecule has 0 spiro atoms. The number of carbonyl (C=O) groups is 2. The average Bonchev–Trinajstić information content (AvgIpc) is 3.18. The Morgan fingerprint density at radius 3 is 2.24 bits per heavy atom. The second-order valence-corrected chi connectivity index (χ2v) is 8.53. The van der Waals surface area contributed by atoms with Crippen molar-refractivity contribution in [1.29, 1.82) is 0 Å². The molecule has 7 heteroatoms. The number of carbonyl (C=O) groups excluding carboxylic acids is 2. The van der Waals surface area contributed by atoms with Crippen molar-refractivity contribution in [3.05, 3.63) is 95.1 Å². The fourth-order valence-electron chi connectivity index (χ4n) is 4.51. The Bertz CT molecular complexity index is 1280. The van der Waals surface area contributed by atoms with Gasteiger partial charge in [0, 0.05) is 12.1 Å². The summed E-state index contributed by atoms with van der Waals surface area (Å²) < 4.78 is 16.7. The fourth-order valence-corrected chi connectivity index (χ4v) is 4.51. The molecule has 0 aromatic heterocycles. The predicted molar refractivity (Wildman–Crippen MR) is 141 cm³/mol. The minimum absolute atomic E-state index is 0.0356. The van der Waals surface area contributed by atoms with Crippen molar-refractivity contribution in [3.8, 4) is 17.2 Å². The van der Waals surface area contributed by atoms with Crippen LogP contribution < -0.4 is 14.2 Å². The van der Waals surface area contributed by atoms with Gasteiger partial charge in [-0.1, -0.05) is 36.4 Å². The van der Waals surface area contributed by atoms with E-state index >= 15 is 0 Å². The third-order valence-electron chi connectivity index (χ3n) is 6.27. The summed E-state index contributed by atoms with van der Waals surface area (Å²) in [5.74, 6) is 0.0748. The Kier molecular flexibility index (Phi) is 8.13. The van der Waals surface area contributed by atoms with E-state index in [1.807, 2.05) is 44.2 Å². The Hall–Kier alpha value is -4.26. The van der Waals surface area contributed by atoms with Gasteiger partial charge in [-0.25, -0.2) is 0 Å². The van der Waals surface area contributed by atoms with E-state index in [-0.39, 0.29) is 11.3 Å². The molecule has 1 unspecified atom stereocenters. The molecule has 1 saturated heterocycles. The highest BCUT2D eigenvalue weighted by atomic mass is 16.5. The van der Waals surface area contributed by atoms with Crippen LogP contribution in [0, 0.1) is 0 Å². The van der Waals surface area contributed by atoms with Crippen LogP contribution in [0.1, 0.15) is 36.6 Å².